The normalized spacial score (nSPS) is 14.6. The highest BCUT2D eigenvalue weighted by molar-refractivity contribution is 9.10. The second-order valence-electron chi connectivity index (χ2n) is 5.31. The van der Waals surface area contributed by atoms with Crippen LogP contribution < -0.4 is 5.32 Å². The quantitative estimate of drug-likeness (QED) is 0.767. The highest BCUT2D eigenvalue weighted by Gasteiger charge is 2.24. The number of hydrogen-bond acceptors (Lipinski definition) is 3. The number of hydrogen-bond donors (Lipinski definition) is 1. The second-order valence-corrected chi connectivity index (χ2v) is 6.55. The molecule has 1 N–H and O–H groups in total. The summed E-state index contributed by atoms with van der Waals surface area (Å²) in [6.07, 6.45) is 1.49. The number of nitrogens with zero attached hydrogens (tertiary/aromatic N) is 2. The molecule has 0 aliphatic carbocycles. The predicted molar refractivity (Wildman–Crippen MR) is 96.5 cm³/mol. The molecule has 2 heterocycles. The average Bonchev–Trinajstić information content (AvgIpc) is 3.11. The largest absolute Gasteiger partial charge is 0.459 e. The fraction of sp³-hybridized carbons (Fsp3) is 0.250. The molecule has 8 heteroatoms. The number of thiocarbonyl (C=S) groups is 1. The number of carbonyl (C=O) groups excluding carboxylic acids is 1. The maximum Gasteiger partial charge on any atom is 0.289 e. The highest BCUT2D eigenvalue weighted by atomic mass is 79.9. The summed E-state index contributed by atoms with van der Waals surface area (Å²) in [6.45, 7) is 2.37. The predicted octanol–water partition coefficient (Wildman–Crippen LogP) is 3.34. The second kappa shape index (κ2) is 7.31. The van der Waals surface area contributed by atoms with E-state index in [1.807, 2.05) is 4.90 Å². The van der Waals surface area contributed by atoms with Gasteiger partial charge in [0.2, 0.25) is 0 Å². The van der Waals surface area contributed by atoms with E-state index in [1.54, 1.807) is 23.1 Å². The van der Waals surface area contributed by atoms with Crippen LogP contribution in [0.15, 0.2) is 45.5 Å². The molecule has 0 atom stereocenters. The van der Waals surface area contributed by atoms with Gasteiger partial charge in [-0.2, -0.15) is 0 Å². The summed E-state index contributed by atoms with van der Waals surface area (Å²) in [4.78, 5) is 16.0. The molecule has 24 heavy (non-hydrogen) atoms. The molecular formula is C16H15BrFN3O2S. The molecule has 1 aromatic carbocycles. The van der Waals surface area contributed by atoms with Crippen LogP contribution >= 0.6 is 28.1 Å². The Morgan fingerprint density at radius 3 is 2.54 bits per heavy atom. The lowest BCUT2D eigenvalue weighted by atomic mass is 10.3. The summed E-state index contributed by atoms with van der Waals surface area (Å²) < 4.78 is 18.9. The van der Waals surface area contributed by atoms with Gasteiger partial charge in [0, 0.05) is 30.7 Å². The van der Waals surface area contributed by atoms with E-state index in [0.717, 1.165) is 0 Å². The van der Waals surface area contributed by atoms with Gasteiger partial charge in [0.1, 0.15) is 5.82 Å². The van der Waals surface area contributed by atoms with Crippen molar-refractivity contribution in [1.29, 1.82) is 0 Å². The van der Waals surface area contributed by atoms with Crippen molar-refractivity contribution >= 4 is 44.9 Å². The van der Waals surface area contributed by atoms with Crippen LogP contribution in [0.5, 0.6) is 0 Å². The zero-order chi connectivity index (χ0) is 17.1. The first kappa shape index (κ1) is 16.9. The van der Waals surface area contributed by atoms with Crippen LogP contribution in [0, 0.1) is 5.82 Å². The van der Waals surface area contributed by atoms with Crippen LogP contribution in [0.25, 0.3) is 0 Å². The molecule has 1 aliphatic rings. The monoisotopic (exact) mass is 411 g/mol. The summed E-state index contributed by atoms with van der Waals surface area (Å²) >= 11 is 8.72. The number of piperazine rings is 1. The molecule has 0 spiro atoms. The third-order valence-corrected chi connectivity index (χ3v) is 4.78. The number of carbonyl (C=O) groups is 1. The van der Waals surface area contributed by atoms with Crippen LogP contribution in [-0.2, 0) is 0 Å². The van der Waals surface area contributed by atoms with Crippen LogP contribution in [0.2, 0.25) is 0 Å². The van der Waals surface area contributed by atoms with Crippen molar-refractivity contribution in [1.82, 2.24) is 9.80 Å². The van der Waals surface area contributed by atoms with E-state index in [4.69, 9.17) is 16.6 Å². The number of rotatable bonds is 2. The van der Waals surface area contributed by atoms with E-state index in [2.05, 4.69) is 21.2 Å². The van der Waals surface area contributed by atoms with E-state index >= 15 is 0 Å². The Labute approximate surface area is 152 Å². The van der Waals surface area contributed by atoms with Crippen molar-refractivity contribution in [3.05, 3.63) is 52.6 Å². The molecule has 0 saturated carbocycles. The molecule has 0 unspecified atom stereocenters. The number of amides is 1. The van der Waals surface area contributed by atoms with Gasteiger partial charge in [-0.1, -0.05) is 0 Å². The molecule has 0 bridgehead atoms. The first-order chi connectivity index (χ1) is 11.5. The molecule has 1 aliphatic heterocycles. The third-order valence-electron chi connectivity index (χ3n) is 3.76. The van der Waals surface area contributed by atoms with Gasteiger partial charge in [-0.3, -0.25) is 4.79 Å². The van der Waals surface area contributed by atoms with E-state index in [0.29, 0.717) is 47.2 Å². The fourth-order valence-electron chi connectivity index (χ4n) is 2.45. The lowest BCUT2D eigenvalue weighted by Crippen LogP contribution is -2.51. The van der Waals surface area contributed by atoms with Gasteiger partial charge in [-0.05, 0) is 58.5 Å². The van der Waals surface area contributed by atoms with Gasteiger partial charge in [-0.25, -0.2) is 4.39 Å². The molecule has 5 nitrogen and oxygen atoms in total. The van der Waals surface area contributed by atoms with Crippen molar-refractivity contribution in [2.75, 3.05) is 31.5 Å². The maximum absolute atomic E-state index is 13.1. The SMILES string of the molecule is O=C(c1ccco1)N1CCN(C(=S)Nc2ccc(F)cc2Br)CC1. The van der Waals surface area contributed by atoms with E-state index in [-0.39, 0.29) is 11.7 Å². The molecule has 2 aromatic rings. The molecule has 126 valence electrons. The summed E-state index contributed by atoms with van der Waals surface area (Å²) in [7, 11) is 0. The van der Waals surface area contributed by atoms with E-state index < -0.39 is 0 Å². The first-order valence-electron chi connectivity index (χ1n) is 7.38. The molecule has 1 saturated heterocycles. The van der Waals surface area contributed by atoms with Gasteiger partial charge in [-0.15, -0.1) is 0 Å². The van der Waals surface area contributed by atoms with Crippen LogP contribution in [-0.4, -0.2) is 47.0 Å². The van der Waals surface area contributed by atoms with Crippen LogP contribution in [0.3, 0.4) is 0 Å². The minimum Gasteiger partial charge on any atom is -0.459 e. The van der Waals surface area contributed by atoms with Gasteiger partial charge in [0.25, 0.3) is 5.91 Å². The number of nitrogens with one attached hydrogen (secondary N) is 1. The standard InChI is InChI=1S/C16H15BrFN3O2S/c17-12-10-11(18)3-4-13(12)19-16(24)21-7-5-20(6-8-21)15(22)14-2-1-9-23-14/h1-4,9-10H,5-8H2,(H,19,24). The molecule has 1 fully saturated rings. The lowest BCUT2D eigenvalue weighted by molar-refractivity contribution is 0.0661. The van der Waals surface area contributed by atoms with Crippen molar-refractivity contribution in [2.24, 2.45) is 0 Å². The summed E-state index contributed by atoms with van der Waals surface area (Å²) in [5, 5.41) is 3.65. The number of furan rings is 1. The van der Waals surface area contributed by atoms with Crippen LogP contribution in [0.4, 0.5) is 10.1 Å². The number of benzene rings is 1. The molecule has 1 amide bonds. The van der Waals surface area contributed by atoms with Gasteiger partial charge < -0.3 is 19.5 Å². The Balaban J connectivity index is 1.56. The Kier molecular flexibility index (Phi) is 5.15. The number of anilines is 1. The van der Waals surface area contributed by atoms with Crippen LogP contribution in [0.1, 0.15) is 10.6 Å². The van der Waals surface area contributed by atoms with Crippen molar-refractivity contribution < 1.29 is 13.6 Å². The summed E-state index contributed by atoms with van der Waals surface area (Å²) in [5.74, 6) is -0.0809. The first-order valence-corrected chi connectivity index (χ1v) is 8.58. The minimum absolute atomic E-state index is 0.111. The molecule has 1 aromatic heterocycles. The van der Waals surface area contributed by atoms with Crippen molar-refractivity contribution in [2.45, 2.75) is 0 Å². The van der Waals surface area contributed by atoms with Gasteiger partial charge in [0.15, 0.2) is 10.9 Å². The Bertz CT molecular complexity index is 746. The summed E-state index contributed by atoms with van der Waals surface area (Å²) in [5.41, 5.74) is 0.704. The highest BCUT2D eigenvalue weighted by Crippen LogP contribution is 2.23. The van der Waals surface area contributed by atoms with E-state index in [1.165, 1.54) is 18.4 Å². The van der Waals surface area contributed by atoms with Crippen molar-refractivity contribution in [3.8, 4) is 0 Å². The maximum atomic E-state index is 13.1. The Morgan fingerprint density at radius 1 is 1.21 bits per heavy atom. The molecule has 0 radical (unpaired) electrons. The Hall–Kier alpha value is -1.93. The Morgan fingerprint density at radius 2 is 1.92 bits per heavy atom. The topological polar surface area (TPSA) is 48.7 Å². The zero-order valence-corrected chi connectivity index (χ0v) is 15.1. The lowest BCUT2D eigenvalue weighted by Gasteiger charge is -2.35. The third kappa shape index (κ3) is 3.76. The molecular weight excluding hydrogens is 397 g/mol. The molecule has 3 rings (SSSR count). The van der Waals surface area contributed by atoms with Gasteiger partial charge >= 0.3 is 0 Å². The average molecular weight is 412 g/mol. The van der Waals surface area contributed by atoms with E-state index in [9.17, 15) is 9.18 Å². The zero-order valence-electron chi connectivity index (χ0n) is 12.7. The number of halogens is 2. The smallest absolute Gasteiger partial charge is 0.289 e. The fourth-order valence-corrected chi connectivity index (χ4v) is 3.20. The van der Waals surface area contributed by atoms with Gasteiger partial charge in [0.05, 0.1) is 12.0 Å². The summed E-state index contributed by atoms with van der Waals surface area (Å²) in [6, 6.07) is 7.74. The minimum atomic E-state index is -0.316. The van der Waals surface area contributed by atoms with Crippen molar-refractivity contribution in [3.63, 3.8) is 0 Å².